The Kier molecular flexibility index (Phi) is 4.52. The minimum Gasteiger partial charge on any atom is -0.331 e. The molecular formula is C19H18F3N5O. The third-order valence-corrected chi connectivity index (χ3v) is 4.82. The van der Waals surface area contributed by atoms with Crippen LogP contribution in [0.4, 0.5) is 19.1 Å². The average molecular weight is 389 g/mol. The number of aryl methyl sites for hydroxylation is 1. The van der Waals surface area contributed by atoms with Gasteiger partial charge in [0.1, 0.15) is 12.4 Å². The first-order valence-electron chi connectivity index (χ1n) is 8.96. The van der Waals surface area contributed by atoms with Gasteiger partial charge in [-0.05, 0) is 38.0 Å². The Morgan fingerprint density at radius 2 is 1.96 bits per heavy atom. The van der Waals surface area contributed by atoms with E-state index in [-0.39, 0.29) is 11.2 Å². The Hall–Kier alpha value is -2.97. The minimum atomic E-state index is -4.54. The van der Waals surface area contributed by atoms with Crippen LogP contribution in [0, 0.1) is 6.92 Å². The van der Waals surface area contributed by atoms with Gasteiger partial charge in [-0.3, -0.25) is 9.36 Å². The summed E-state index contributed by atoms with van der Waals surface area (Å²) in [6, 6.07) is 7.72. The smallest absolute Gasteiger partial charge is 0.331 e. The van der Waals surface area contributed by atoms with Crippen molar-refractivity contribution in [1.82, 2.24) is 19.5 Å². The molecule has 6 nitrogen and oxygen atoms in total. The van der Waals surface area contributed by atoms with E-state index in [2.05, 4.69) is 15.0 Å². The van der Waals surface area contributed by atoms with Crippen LogP contribution in [-0.4, -0.2) is 32.2 Å². The fourth-order valence-corrected chi connectivity index (χ4v) is 3.62. The molecule has 9 heteroatoms. The third-order valence-electron chi connectivity index (χ3n) is 4.82. The van der Waals surface area contributed by atoms with Crippen LogP contribution < -0.4 is 10.5 Å². The van der Waals surface area contributed by atoms with Gasteiger partial charge in [-0.1, -0.05) is 12.1 Å². The van der Waals surface area contributed by atoms with E-state index in [0.717, 1.165) is 16.7 Å². The average Bonchev–Trinajstić information content (AvgIpc) is 3.12. The zero-order valence-corrected chi connectivity index (χ0v) is 15.1. The van der Waals surface area contributed by atoms with E-state index in [0.29, 0.717) is 24.4 Å². The highest BCUT2D eigenvalue weighted by molar-refractivity contribution is 5.77. The zero-order valence-electron chi connectivity index (χ0n) is 15.1. The number of fused-ring (bicyclic) bond motifs is 1. The van der Waals surface area contributed by atoms with Crippen LogP contribution >= 0.6 is 0 Å². The van der Waals surface area contributed by atoms with E-state index < -0.39 is 24.3 Å². The molecule has 0 amide bonds. The molecule has 1 atom stereocenters. The van der Waals surface area contributed by atoms with Gasteiger partial charge >= 0.3 is 6.18 Å². The fourth-order valence-electron chi connectivity index (χ4n) is 3.62. The molecule has 1 aliphatic heterocycles. The largest absolute Gasteiger partial charge is 0.406 e. The molecule has 146 valence electrons. The maximum Gasteiger partial charge on any atom is 0.406 e. The Morgan fingerprint density at radius 3 is 2.71 bits per heavy atom. The Morgan fingerprint density at radius 1 is 1.18 bits per heavy atom. The van der Waals surface area contributed by atoms with Gasteiger partial charge in [0.15, 0.2) is 0 Å². The predicted octanol–water partition coefficient (Wildman–Crippen LogP) is 3.40. The second-order valence-electron chi connectivity index (χ2n) is 6.84. The molecule has 0 aliphatic carbocycles. The van der Waals surface area contributed by atoms with Crippen molar-refractivity contribution in [2.75, 3.05) is 11.4 Å². The van der Waals surface area contributed by atoms with Gasteiger partial charge in [0, 0.05) is 18.4 Å². The SMILES string of the molecule is Cc1ccnc(N2CCCC2c2nc3ccccc3c(=O)n2CC(F)(F)F)n1. The number of rotatable bonds is 3. The van der Waals surface area contributed by atoms with E-state index in [9.17, 15) is 18.0 Å². The van der Waals surface area contributed by atoms with Crippen LogP contribution in [0.2, 0.25) is 0 Å². The van der Waals surface area contributed by atoms with Crippen LogP contribution in [-0.2, 0) is 6.54 Å². The first-order chi connectivity index (χ1) is 13.3. The van der Waals surface area contributed by atoms with E-state index in [4.69, 9.17) is 0 Å². The molecule has 0 radical (unpaired) electrons. The second kappa shape index (κ2) is 6.88. The number of alkyl halides is 3. The second-order valence-corrected chi connectivity index (χ2v) is 6.84. The number of anilines is 1. The van der Waals surface area contributed by atoms with Crippen LogP contribution in [0.1, 0.15) is 30.4 Å². The minimum absolute atomic E-state index is 0.101. The van der Waals surface area contributed by atoms with Crippen molar-refractivity contribution in [2.45, 2.75) is 38.5 Å². The lowest BCUT2D eigenvalue weighted by Crippen LogP contribution is -2.36. The molecule has 0 saturated carbocycles. The summed E-state index contributed by atoms with van der Waals surface area (Å²) in [5.41, 5.74) is 0.461. The van der Waals surface area contributed by atoms with E-state index in [1.807, 2.05) is 11.8 Å². The van der Waals surface area contributed by atoms with Crippen molar-refractivity contribution in [3.63, 3.8) is 0 Å². The van der Waals surface area contributed by atoms with E-state index >= 15 is 0 Å². The summed E-state index contributed by atoms with van der Waals surface area (Å²) in [6.45, 7) is 1.03. The summed E-state index contributed by atoms with van der Waals surface area (Å²) >= 11 is 0. The van der Waals surface area contributed by atoms with Gasteiger partial charge in [-0.25, -0.2) is 15.0 Å². The summed E-state index contributed by atoms with van der Waals surface area (Å²) in [6.07, 6.45) is -1.60. The number of aromatic nitrogens is 4. The first-order valence-corrected chi connectivity index (χ1v) is 8.96. The van der Waals surface area contributed by atoms with E-state index in [1.54, 1.807) is 30.5 Å². The molecule has 1 aromatic carbocycles. The van der Waals surface area contributed by atoms with E-state index in [1.165, 1.54) is 6.07 Å². The molecule has 4 rings (SSSR count). The van der Waals surface area contributed by atoms with Crippen molar-refractivity contribution in [2.24, 2.45) is 0 Å². The highest BCUT2D eigenvalue weighted by Crippen LogP contribution is 2.34. The lowest BCUT2D eigenvalue weighted by atomic mass is 10.1. The maximum atomic E-state index is 13.2. The van der Waals surface area contributed by atoms with Gasteiger partial charge < -0.3 is 4.90 Å². The lowest BCUT2D eigenvalue weighted by molar-refractivity contribution is -0.141. The van der Waals surface area contributed by atoms with Crippen LogP contribution in [0.25, 0.3) is 10.9 Å². The molecule has 2 aromatic heterocycles. The number of hydrogen-bond donors (Lipinski definition) is 0. The standard InChI is InChI=1S/C19H18F3N5O/c1-12-8-9-23-18(24-12)26-10-4-7-15(26)16-25-14-6-3-2-5-13(14)17(28)27(16)11-19(20,21)22/h2-3,5-6,8-9,15H,4,7,10-11H2,1H3. The number of para-hydroxylation sites is 1. The summed E-state index contributed by atoms with van der Waals surface area (Å²) in [7, 11) is 0. The molecular weight excluding hydrogens is 371 g/mol. The zero-order chi connectivity index (χ0) is 19.9. The first kappa shape index (κ1) is 18.4. The quantitative estimate of drug-likeness (QED) is 0.687. The molecule has 1 aliphatic rings. The molecule has 1 unspecified atom stereocenters. The van der Waals surface area contributed by atoms with Gasteiger partial charge in [0.25, 0.3) is 5.56 Å². The van der Waals surface area contributed by atoms with Gasteiger partial charge in [-0.2, -0.15) is 13.2 Å². The van der Waals surface area contributed by atoms with Gasteiger partial charge in [-0.15, -0.1) is 0 Å². The Bertz CT molecular complexity index is 1080. The monoisotopic (exact) mass is 389 g/mol. The molecule has 3 aromatic rings. The topological polar surface area (TPSA) is 63.9 Å². The van der Waals surface area contributed by atoms with Crippen LogP contribution in [0.15, 0.2) is 41.3 Å². The number of hydrogen-bond acceptors (Lipinski definition) is 5. The summed E-state index contributed by atoms with van der Waals surface area (Å²) < 4.78 is 40.5. The fraction of sp³-hybridized carbons (Fsp3) is 0.368. The summed E-state index contributed by atoms with van der Waals surface area (Å²) in [5, 5.41) is 0.173. The lowest BCUT2D eigenvalue weighted by Gasteiger charge is -2.27. The van der Waals surface area contributed by atoms with Crippen LogP contribution in [0.3, 0.4) is 0 Å². The third kappa shape index (κ3) is 3.44. The molecule has 3 heterocycles. The molecule has 0 spiro atoms. The van der Waals surface area contributed by atoms with Crippen molar-refractivity contribution < 1.29 is 13.2 Å². The number of benzene rings is 1. The number of halogens is 3. The molecule has 28 heavy (non-hydrogen) atoms. The highest BCUT2D eigenvalue weighted by atomic mass is 19.4. The summed E-state index contributed by atoms with van der Waals surface area (Å²) in [4.78, 5) is 27.8. The van der Waals surface area contributed by atoms with Crippen molar-refractivity contribution in [3.05, 3.63) is 58.4 Å². The molecule has 0 N–H and O–H groups in total. The predicted molar refractivity (Wildman–Crippen MR) is 98.1 cm³/mol. The summed E-state index contributed by atoms with van der Waals surface area (Å²) in [5.74, 6) is 0.534. The Labute approximate surface area is 158 Å². The maximum absolute atomic E-state index is 13.2. The molecule has 1 saturated heterocycles. The van der Waals surface area contributed by atoms with Crippen molar-refractivity contribution in [3.8, 4) is 0 Å². The van der Waals surface area contributed by atoms with Crippen LogP contribution in [0.5, 0.6) is 0 Å². The van der Waals surface area contributed by atoms with Gasteiger partial charge in [0.2, 0.25) is 5.95 Å². The van der Waals surface area contributed by atoms with Gasteiger partial charge in [0.05, 0.1) is 16.9 Å². The highest BCUT2D eigenvalue weighted by Gasteiger charge is 2.36. The van der Waals surface area contributed by atoms with Crippen molar-refractivity contribution >= 4 is 16.9 Å². The van der Waals surface area contributed by atoms with Crippen molar-refractivity contribution in [1.29, 1.82) is 0 Å². The molecule has 0 bridgehead atoms. The molecule has 1 fully saturated rings. The number of nitrogens with zero attached hydrogens (tertiary/aromatic N) is 5. The Balaban J connectivity index is 1.88. The normalized spacial score (nSPS) is 17.4.